The number of amides is 1. The number of hydrogen-bond donors (Lipinski definition) is 1. The molecular weight excluding hydrogens is 383 g/mol. The lowest BCUT2D eigenvalue weighted by Gasteiger charge is -2.40. The molecule has 0 aliphatic carbocycles. The molecule has 2 saturated heterocycles. The van der Waals surface area contributed by atoms with Gasteiger partial charge in [-0.2, -0.15) is 0 Å². The number of nitrogens with one attached hydrogen (secondary N) is 1. The fourth-order valence-electron chi connectivity index (χ4n) is 4.68. The zero-order valence-electron chi connectivity index (χ0n) is 17.4. The number of anilines is 1. The van der Waals surface area contributed by atoms with Gasteiger partial charge in [0.25, 0.3) is 0 Å². The Bertz CT molecular complexity index is 882. The lowest BCUT2D eigenvalue weighted by molar-refractivity contribution is -0.131. The maximum Gasteiger partial charge on any atom is 0.231 e. The van der Waals surface area contributed by atoms with E-state index in [2.05, 4.69) is 16.3 Å². The van der Waals surface area contributed by atoms with Gasteiger partial charge in [0.15, 0.2) is 0 Å². The quantitative estimate of drug-likeness (QED) is 0.814. The van der Waals surface area contributed by atoms with Gasteiger partial charge in [0.2, 0.25) is 5.91 Å². The standard InChI is InChI=1S/C24H29FN2O3/c1-29-22-10-3-2-9-21(22)27-13-5-8-20(17-27)26-23(28)24(11-14-30-15-12-24)18-6-4-7-19(25)16-18/h2-4,6-7,9-10,16,20H,5,8,11-15,17H2,1H3,(H,26,28). The van der Waals surface area contributed by atoms with Gasteiger partial charge >= 0.3 is 0 Å². The minimum atomic E-state index is -0.743. The molecule has 4 rings (SSSR count). The van der Waals surface area contributed by atoms with E-state index < -0.39 is 5.41 Å². The summed E-state index contributed by atoms with van der Waals surface area (Å²) in [5, 5.41) is 3.29. The van der Waals surface area contributed by atoms with Crippen molar-refractivity contribution in [1.29, 1.82) is 0 Å². The van der Waals surface area contributed by atoms with E-state index in [1.807, 2.05) is 24.3 Å². The largest absolute Gasteiger partial charge is 0.495 e. The molecule has 5 nitrogen and oxygen atoms in total. The molecule has 1 unspecified atom stereocenters. The second kappa shape index (κ2) is 9.04. The van der Waals surface area contributed by atoms with Crippen molar-refractivity contribution in [3.8, 4) is 5.75 Å². The molecule has 160 valence electrons. The molecule has 2 heterocycles. The highest BCUT2D eigenvalue weighted by Crippen LogP contribution is 2.36. The van der Waals surface area contributed by atoms with Crippen molar-refractivity contribution in [2.45, 2.75) is 37.1 Å². The fourth-order valence-corrected chi connectivity index (χ4v) is 4.68. The summed E-state index contributed by atoms with van der Waals surface area (Å²) in [5.74, 6) is 0.500. The van der Waals surface area contributed by atoms with Crippen LogP contribution in [0.2, 0.25) is 0 Å². The van der Waals surface area contributed by atoms with Crippen molar-refractivity contribution in [3.05, 3.63) is 59.9 Å². The molecule has 1 atom stereocenters. The molecule has 0 saturated carbocycles. The Morgan fingerprint density at radius 2 is 2.00 bits per heavy atom. The second-order valence-corrected chi connectivity index (χ2v) is 8.14. The van der Waals surface area contributed by atoms with E-state index >= 15 is 0 Å². The van der Waals surface area contributed by atoms with Crippen LogP contribution in [-0.2, 0) is 14.9 Å². The number of benzene rings is 2. The number of para-hydroxylation sites is 2. The third-order valence-corrected chi connectivity index (χ3v) is 6.34. The maximum absolute atomic E-state index is 13.9. The molecule has 1 N–H and O–H groups in total. The van der Waals surface area contributed by atoms with E-state index in [9.17, 15) is 9.18 Å². The number of rotatable bonds is 5. The van der Waals surface area contributed by atoms with E-state index in [0.717, 1.165) is 42.9 Å². The summed E-state index contributed by atoms with van der Waals surface area (Å²) in [6.07, 6.45) is 3.03. The van der Waals surface area contributed by atoms with Gasteiger partial charge in [-0.25, -0.2) is 4.39 Å². The first kappa shape index (κ1) is 20.7. The van der Waals surface area contributed by atoms with Gasteiger partial charge in [-0.05, 0) is 55.5 Å². The van der Waals surface area contributed by atoms with Crippen LogP contribution in [0.3, 0.4) is 0 Å². The van der Waals surface area contributed by atoms with E-state index in [1.165, 1.54) is 12.1 Å². The summed E-state index contributed by atoms with van der Waals surface area (Å²) in [7, 11) is 1.68. The molecule has 2 aliphatic rings. The van der Waals surface area contributed by atoms with Crippen molar-refractivity contribution in [3.63, 3.8) is 0 Å². The van der Waals surface area contributed by atoms with Crippen LogP contribution in [0.4, 0.5) is 10.1 Å². The summed E-state index contributed by atoms with van der Waals surface area (Å²) < 4.78 is 25.0. The van der Waals surface area contributed by atoms with Gasteiger partial charge in [0.1, 0.15) is 11.6 Å². The molecule has 2 aromatic carbocycles. The van der Waals surface area contributed by atoms with Crippen LogP contribution >= 0.6 is 0 Å². The highest BCUT2D eigenvalue weighted by Gasteiger charge is 2.43. The third kappa shape index (κ3) is 4.15. The van der Waals surface area contributed by atoms with Crippen LogP contribution in [0.15, 0.2) is 48.5 Å². The number of piperidine rings is 1. The predicted molar refractivity (Wildman–Crippen MR) is 115 cm³/mol. The molecule has 2 aliphatic heterocycles. The average molecular weight is 413 g/mol. The zero-order chi connectivity index (χ0) is 21.0. The first-order valence-corrected chi connectivity index (χ1v) is 10.6. The van der Waals surface area contributed by atoms with Crippen molar-refractivity contribution < 1.29 is 18.7 Å². The Balaban J connectivity index is 1.52. The number of ether oxygens (including phenoxy) is 2. The summed E-state index contributed by atoms with van der Waals surface area (Å²) in [4.78, 5) is 15.8. The number of methoxy groups -OCH3 is 1. The maximum atomic E-state index is 13.9. The molecule has 2 fully saturated rings. The minimum absolute atomic E-state index is 0.0247. The summed E-state index contributed by atoms with van der Waals surface area (Å²) >= 11 is 0. The Kier molecular flexibility index (Phi) is 6.23. The van der Waals surface area contributed by atoms with Crippen LogP contribution < -0.4 is 15.0 Å². The topological polar surface area (TPSA) is 50.8 Å². The number of hydrogen-bond acceptors (Lipinski definition) is 4. The van der Waals surface area contributed by atoms with Crippen molar-refractivity contribution in [1.82, 2.24) is 5.32 Å². The molecular formula is C24H29FN2O3. The summed E-state index contributed by atoms with van der Waals surface area (Å²) in [5.41, 5.74) is 1.04. The Hall–Kier alpha value is -2.60. The number of carbonyl (C=O) groups excluding carboxylic acids is 1. The fraction of sp³-hybridized carbons (Fsp3) is 0.458. The Morgan fingerprint density at radius 3 is 2.77 bits per heavy atom. The van der Waals surface area contributed by atoms with Crippen molar-refractivity contribution in [2.24, 2.45) is 0 Å². The average Bonchev–Trinajstić information content (AvgIpc) is 2.79. The van der Waals surface area contributed by atoms with Gasteiger partial charge < -0.3 is 19.7 Å². The predicted octanol–water partition coefficient (Wildman–Crippen LogP) is 3.67. The molecule has 0 spiro atoms. The molecule has 1 amide bonds. The van der Waals surface area contributed by atoms with Crippen LogP contribution in [0.25, 0.3) is 0 Å². The zero-order valence-corrected chi connectivity index (χ0v) is 17.4. The SMILES string of the molecule is COc1ccccc1N1CCCC(NC(=O)C2(c3cccc(F)c3)CCOCC2)C1. The van der Waals surface area contributed by atoms with Gasteiger partial charge in [-0.1, -0.05) is 24.3 Å². The van der Waals surface area contributed by atoms with Crippen LogP contribution in [0.1, 0.15) is 31.2 Å². The van der Waals surface area contributed by atoms with Gasteiger partial charge in [0, 0.05) is 32.3 Å². The molecule has 30 heavy (non-hydrogen) atoms. The van der Waals surface area contributed by atoms with Gasteiger partial charge in [-0.3, -0.25) is 4.79 Å². The molecule has 0 radical (unpaired) electrons. The number of carbonyl (C=O) groups is 1. The normalized spacial score (nSPS) is 21.1. The lowest BCUT2D eigenvalue weighted by Crippen LogP contribution is -2.55. The van der Waals surface area contributed by atoms with Crippen LogP contribution in [-0.4, -0.2) is 45.4 Å². The number of halogens is 1. The molecule has 0 aromatic heterocycles. The highest BCUT2D eigenvalue weighted by atomic mass is 19.1. The molecule has 2 aromatic rings. The third-order valence-electron chi connectivity index (χ3n) is 6.34. The minimum Gasteiger partial charge on any atom is -0.495 e. The van der Waals surface area contributed by atoms with Crippen molar-refractivity contribution in [2.75, 3.05) is 38.3 Å². The second-order valence-electron chi connectivity index (χ2n) is 8.14. The first-order valence-electron chi connectivity index (χ1n) is 10.6. The number of nitrogens with zero attached hydrogens (tertiary/aromatic N) is 1. The Morgan fingerprint density at radius 1 is 1.20 bits per heavy atom. The smallest absolute Gasteiger partial charge is 0.231 e. The summed E-state index contributed by atoms with van der Waals surface area (Å²) in [6.45, 7) is 2.65. The molecule has 6 heteroatoms. The lowest BCUT2D eigenvalue weighted by atomic mass is 9.73. The van der Waals surface area contributed by atoms with Crippen molar-refractivity contribution >= 4 is 11.6 Å². The molecule has 0 bridgehead atoms. The summed E-state index contributed by atoms with van der Waals surface area (Å²) in [6, 6.07) is 14.4. The van der Waals surface area contributed by atoms with E-state index in [1.54, 1.807) is 13.2 Å². The highest BCUT2D eigenvalue weighted by molar-refractivity contribution is 5.88. The van der Waals surface area contributed by atoms with E-state index in [0.29, 0.717) is 26.1 Å². The Labute approximate surface area is 177 Å². The van der Waals surface area contributed by atoms with Gasteiger partial charge in [0.05, 0.1) is 18.2 Å². The van der Waals surface area contributed by atoms with Crippen LogP contribution in [0.5, 0.6) is 5.75 Å². The van der Waals surface area contributed by atoms with Gasteiger partial charge in [-0.15, -0.1) is 0 Å². The van der Waals surface area contributed by atoms with E-state index in [-0.39, 0.29) is 17.8 Å². The monoisotopic (exact) mass is 412 g/mol. The van der Waals surface area contributed by atoms with E-state index in [4.69, 9.17) is 9.47 Å². The first-order chi connectivity index (χ1) is 14.6. The van der Waals surface area contributed by atoms with Crippen LogP contribution in [0, 0.1) is 5.82 Å².